The van der Waals surface area contributed by atoms with Crippen LogP contribution in [0.15, 0.2) is 0 Å². The van der Waals surface area contributed by atoms with Crippen LogP contribution in [0.4, 0.5) is 0 Å². The molecule has 1 N–H and O–H groups in total. The molecule has 0 radical (unpaired) electrons. The SMILES string of the molecule is CCC1CN(CCS(=O)(=O)C(C)(C)C)CCC1NC. The number of nitrogens with one attached hydrogen (secondary N) is 1. The molecule has 0 saturated carbocycles. The molecule has 1 fully saturated rings. The summed E-state index contributed by atoms with van der Waals surface area (Å²) in [5.74, 6) is 0.910. The fourth-order valence-electron chi connectivity index (χ4n) is 2.66. The maximum absolute atomic E-state index is 12.1. The fourth-order valence-corrected chi connectivity index (χ4v) is 3.77. The summed E-state index contributed by atoms with van der Waals surface area (Å²) < 4.78 is 23.6. The molecule has 0 aromatic carbocycles. The lowest BCUT2D eigenvalue weighted by atomic mass is 9.90. The first-order valence-corrected chi connectivity index (χ1v) is 8.98. The van der Waals surface area contributed by atoms with E-state index in [1.165, 1.54) is 0 Å². The number of hydrogen-bond donors (Lipinski definition) is 1. The zero-order valence-corrected chi connectivity index (χ0v) is 13.9. The van der Waals surface area contributed by atoms with Crippen LogP contribution >= 0.6 is 0 Å². The molecular weight excluding hydrogens is 260 g/mol. The molecule has 4 nitrogen and oxygen atoms in total. The summed E-state index contributed by atoms with van der Waals surface area (Å²) in [6.45, 7) is 10.2. The van der Waals surface area contributed by atoms with Crippen LogP contribution in [0, 0.1) is 5.92 Å². The average molecular weight is 290 g/mol. The highest BCUT2D eigenvalue weighted by Crippen LogP contribution is 2.21. The topological polar surface area (TPSA) is 49.4 Å². The Balaban J connectivity index is 2.52. The molecule has 1 rings (SSSR count). The van der Waals surface area contributed by atoms with Gasteiger partial charge in [-0.15, -0.1) is 0 Å². The van der Waals surface area contributed by atoms with Gasteiger partial charge in [-0.2, -0.15) is 0 Å². The van der Waals surface area contributed by atoms with Gasteiger partial charge in [0.05, 0.1) is 10.5 Å². The highest BCUT2D eigenvalue weighted by Gasteiger charge is 2.31. The van der Waals surface area contributed by atoms with Crippen LogP contribution < -0.4 is 5.32 Å². The molecule has 2 unspecified atom stereocenters. The van der Waals surface area contributed by atoms with Gasteiger partial charge >= 0.3 is 0 Å². The first-order valence-electron chi connectivity index (χ1n) is 7.33. The standard InChI is InChI=1S/C14H30N2O2S/c1-6-12-11-16(8-7-13(12)15-5)9-10-19(17,18)14(2,3)4/h12-13,15H,6-11H2,1-5H3. The first-order chi connectivity index (χ1) is 8.71. The molecule has 0 aliphatic carbocycles. The van der Waals surface area contributed by atoms with Crippen molar-refractivity contribution in [2.24, 2.45) is 5.92 Å². The molecule has 0 amide bonds. The van der Waals surface area contributed by atoms with E-state index in [1.807, 2.05) is 7.05 Å². The van der Waals surface area contributed by atoms with E-state index in [2.05, 4.69) is 17.1 Å². The van der Waals surface area contributed by atoms with Crippen LogP contribution in [-0.4, -0.2) is 56.5 Å². The number of piperidine rings is 1. The Morgan fingerprint density at radius 1 is 1.32 bits per heavy atom. The van der Waals surface area contributed by atoms with Crippen molar-refractivity contribution in [2.45, 2.75) is 51.3 Å². The van der Waals surface area contributed by atoms with Gasteiger partial charge in [0.15, 0.2) is 9.84 Å². The molecule has 1 saturated heterocycles. The maximum atomic E-state index is 12.1. The van der Waals surface area contributed by atoms with Gasteiger partial charge in [-0.25, -0.2) is 8.42 Å². The Kier molecular flexibility index (Phi) is 5.83. The van der Waals surface area contributed by atoms with Crippen molar-refractivity contribution < 1.29 is 8.42 Å². The normalized spacial score (nSPS) is 26.6. The summed E-state index contributed by atoms with van der Waals surface area (Å²) >= 11 is 0. The van der Waals surface area contributed by atoms with Crippen LogP contribution in [0.3, 0.4) is 0 Å². The summed E-state index contributed by atoms with van der Waals surface area (Å²) in [7, 11) is -0.977. The Morgan fingerprint density at radius 3 is 2.42 bits per heavy atom. The lowest BCUT2D eigenvalue weighted by Crippen LogP contribution is -2.49. The van der Waals surface area contributed by atoms with Gasteiger partial charge in [-0.1, -0.05) is 13.3 Å². The Labute approximate surface area is 118 Å². The van der Waals surface area contributed by atoms with Crippen LogP contribution in [0.1, 0.15) is 40.5 Å². The molecule has 1 aliphatic rings. The Morgan fingerprint density at radius 2 is 1.95 bits per heavy atom. The first kappa shape index (κ1) is 16.9. The lowest BCUT2D eigenvalue weighted by Gasteiger charge is -2.38. The molecule has 0 aromatic rings. The van der Waals surface area contributed by atoms with Crippen molar-refractivity contribution in [3.05, 3.63) is 0 Å². The average Bonchev–Trinajstić information content (AvgIpc) is 2.34. The predicted octanol–water partition coefficient (Wildman–Crippen LogP) is 1.52. The van der Waals surface area contributed by atoms with Gasteiger partial charge in [-0.3, -0.25) is 0 Å². The highest BCUT2D eigenvalue weighted by atomic mass is 32.2. The molecule has 1 aliphatic heterocycles. The van der Waals surface area contributed by atoms with E-state index >= 15 is 0 Å². The summed E-state index contributed by atoms with van der Waals surface area (Å²) in [6, 6.07) is 0.584. The van der Waals surface area contributed by atoms with Crippen LogP contribution in [0.25, 0.3) is 0 Å². The van der Waals surface area contributed by atoms with E-state index < -0.39 is 14.6 Å². The van der Waals surface area contributed by atoms with E-state index in [-0.39, 0.29) is 5.75 Å². The van der Waals surface area contributed by atoms with Gasteiger partial charge in [-0.05, 0) is 46.7 Å². The number of hydrogen-bond acceptors (Lipinski definition) is 4. The predicted molar refractivity (Wildman–Crippen MR) is 81.2 cm³/mol. The number of nitrogens with zero attached hydrogens (tertiary/aromatic N) is 1. The zero-order chi connectivity index (χ0) is 14.7. The molecule has 5 heteroatoms. The quantitative estimate of drug-likeness (QED) is 0.834. The van der Waals surface area contributed by atoms with Gasteiger partial charge in [0, 0.05) is 19.1 Å². The minimum absolute atomic E-state index is 0.275. The molecule has 0 bridgehead atoms. The summed E-state index contributed by atoms with van der Waals surface area (Å²) in [5.41, 5.74) is 0. The molecule has 114 valence electrons. The van der Waals surface area contributed by atoms with Crippen molar-refractivity contribution in [3.8, 4) is 0 Å². The van der Waals surface area contributed by atoms with Crippen LogP contribution in [0.5, 0.6) is 0 Å². The highest BCUT2D eigenvalue weighted by molar-refractivity contribution is 7.92. The van der Waals surface area contributed by atoms with E-state index in [9.17, 15) is 8.42 Å². The van der Waals surface area contributed by atoms with Gasteiger partial charge in [0.25, 0.3) is 0 Å². The van der Waals surface area contributed by atoms with E-state index in [0.717, 1.165) is 25.9 Å². The van der Waals surface area contributed by atoms with Crippen molar-refractivity contribution in [2.75, 3.05) is 32.4 Å². The minimum atomic E-state index is -3.00. The second-order valence-corrected chi connectivity index (χ2v) is 9.45. The number of likely N-dealkylation sites (tertiary alicyclic amines) is 1. The van der Waals surface area contributed by atoms with E-state index in [0.29, 0.717) is 18.5 Å². The van der Waals surface area contributed by atoms with Crippen molar-refractivity contribution in [3.63, 3.8) is 0 Å². The molecule has 19 heavy (non-hydrogen) atoms. The summed E-state index contributed by atoms with van der Waals surface area (Å²) in [5, 5.41) is 3.38. The van der Waals surface area contributed by atoms with Crippen molar-refractivity contribution in [1.82, 2.24) is 10.2 Å². The zero-order valence-electron chi connectivity index (χ0n) is 13.1. The van der Waals surface area contributed by atoms with E-state index in [1.54, 1.807) is 20.8 Å². The third-order valence-electron chi connectivity index (χ3n) is 4.32. The molecule has 1 heterocycles. The molecule has 0 spiro atoms. The smallest absolute Gasteiger partial charge is 0.156 e. The monoisotopic (exact) mass is 290 g/mol. The maximum Gasteiger partial charge on any atom is 0.156 e. The third-order valence-corrected chi connectivity index (χ3v) is 6.91. The minimum Gasteiger partial charge on any atom is -0.317 e. The van der Waals surface area contributed by atoms with Gasteiger partial charge < -0.3 is 10.2 Å². The number of rotatable bonds is 5. The van der Waals surface area contributed by atoms with Crippen molar-refractivity contribution in [1.29, 1.82) is 0 Å². The third kappa shape index (κ3) is 4.43. The summed E-state index contributed by atoms with van der Waals surface area (Å²) in [4.78, 5) is 2.31. The fraction of sp³-hybridized carbons (Fsp3) is 1.00. The van der Waals surface area contributed by atoms with E-state index in [4.69, 9.17) is 0 Å². The van der Waals surface area contributed by atoms with Crippen LogP contribution in [-0.2, 0) is 9.84 Å². The lowest BCUT2D eigenvalue weighted by molar-refractivity contribution is 0.145. The van der Waals surface area contributed by atoms with Gasteiger partial charge in [0.1, 0.15) is 0 Å². The van der Waals surface area contributed by atoms with Gasteiger partial charge in [0.2, 0.25) is 0 Å². The second kappa shape index (κ2) is 6.55. The number of sulfone groups is 1. The largest absolute Gasteiger partial charge is 0.317 e. The van der Waals surface area contributed by atoms with Crippen LogP contribution in [0.2, 0.25) is 0 Å². The second-order valence-electron chi connectivity index (χ2n) is 6.58. The molecule has 2 atom stereocenters. The Bertz CT molecular complexity index is 373. The van der Waals surface area contributed by atoms with Crippen molar-refractivity contribution >= 4 is 9.84 Å². The Hall–Kier alpha value is -0.130. The molecule has 0 aromatic heterocycles. The summed E-state index contributed by atoms with van der Waals surface area (Å²) in [6.07, 6.45) is 2.26. The molecular formula is C14H30N2O2S.